The van der Waals surface area contributed by atoms with Crippen LogP contribution in [0.4, 0.5) is 14.5 Å². The average Bonchev–Trinajstić information content (AvgIpc) is 2.99. The van der Waals surface area contributed by atoms with Crippen LogP contribution in [-0.2, 0) is 22.2 Å². The maximum absolute atomic E-state index is 13.4. The van der Waals surface area contributed by atoms with Crippen molar-refractivity contribution in [3.63, 3.8) is 0 Å². The molecule has 1 aromatic heterocycles. The van der Waals surface area contributed by atoms with Gasteiger partial charge in [0.05, 0.1) is 16.7 Å². The molecule has 1 aliphatic rings. The number of aryl methyl sites for hydroxylation is 1. The van der Waals surface area contributed by atoms with Gasteiger partial charge in [-0.1, -0.05) is 27.7 Å². The van der Waals surface area contributed by atoms with Gasteiger partial charge in [-0.05, 0) is 24.6 Å². The zero-order valence-corrected chi connectivity index (χ0v) is 18.6. The summed E-state index contributed by atoms with van der Waals surface area (Å²) < 4.78 is 57.2. The summed E-state index contributed by atoms with van der Waals surface area (Å²) in [6.07, 6.45) is 0.0646. The molecule has 1 fully saturated rings. The van der Waals surface area contributed by atoms with E-state index in [9.17, 15) is 17.2 Å². The van der Waals surface area contributed by atoms with Gasteiger partial charge >= 0.3 is 10.2 Å². The van der Waals surface area contributed by atoms with E-state index in [2.05, 4.69) is 32.3 Å². The predicted molar refractivity (Wildman–Crippen MR) is 112 cm³/mol. The number of halogens is 2. The van der Waals surface area contributed by atoms with E-state index in [-0.39, 0.29) is 18.5 Å². The quantitative estimate of drug-likeness (QED) is 0.719. The lowest BCUT2D eigenvalue weighted by Crippen LogP contribution is -2.48. The van der Waals surface area contributed by atoms with Gasteiger partial charge in [-0.25, -0.2) is 13.8 Å². The molecule has 6 nitrogen and oxygen atoms in total. The fourth-order valence-corrected chi connectivity index (χ4v) is 5.06. The van der Waals surface area contributed by atoms with E-state index >= 15 is 0 Å². The van der Waals surface area contributed by atoms with Crippen LogP contribution in [0.15, 0.2) is 18.2 Å². The highest BCUT2D eigenvalue weighted by Crippen LogP contribution is 2.32. The molecule has 0 atom stereocenters. The molecule has 2 heterocycles. The first kappa shape index (κ1) is 22.0. The number of fused-ring (bicyclic) bond motifs is 1. The van der Waals surface area contributed by atoms with Crippen molar-refractivity contribution in [2.45, 2.75) is 64.8 Å². The molecule has 0 saturated carbocycles. The third-order valence-electron chi connectivity index (χ3n) is 5.34. The molecule has 162 valence electrons. The highest BCUT2D eigenvalue weighted by atomic mass is 32.2. The first-order valence-corrected chi connectivity index (χ1v) is 11.4. The summed E-state index contributed by atoms with van der Waals surface area (Å²) in [5.41, 5.74) is 2.01. The summed E-state index contributed by atoms with van der Waals surface area (Å²) in [5, 5.41) is 0. The first-order chi connectivity index (χ1) is 13.4. The number of hydrogen-bond acceptors (Lipinski definition) is 3. The number of alkyl halides is 2. The lowest BCUT2D eigenvalue weighted by molar-refractivity contribution is -0.0412. The molecule has 0 N–H and O–H groups in total. The van der Waals surface area contributed by atoms with Gasteiger partial charge in [0, 0.05) is 44.9 Å². The zero-order valence-electron chi connectivity index (χ0n) is 17.7. The van der Waals surface area contributed by atoms with Gasteiger partial charge in [0.1, 0.15) is 5.82 Å². The highest BCUT2D eigenvalue weighted by molar-refractivity contribution is 7.90. The summed E-state index contributed by atoms with van der Waals surface area (Å²) in [5.74, 6) is -1.84. The maximum Gasteiger partial charge on any atom is 0.303 e. The Morgan fingerprint density at radius 2 is 1.83 bits per heavy atom. The predicted octanol–water partition coefficient (Wildman–Crippen LogP) is 4.16. The van der Waals surface area contributed by atoms with Crippen molar-refractivity contribution in [2.75, 3.05) is 24.4 Å². The second-order valence-electron chi connectivity index (χ2n) is 8.74. The molecule has 0 unspecified atom stereocenters. The largest absolute Gasteiger partial charge is 0.328 e. The lowest BCUT2D eigenvalue weighted by atomic mass is 9.95. The van der Waals surface area contributed by atoms with Gasteiger partial charge in [0.2, 0.25) is 0 Å². The van der Waals surface area contributed by atoms with E-state index in [1.54, 1.807) is 12.1 Å². The van der Waals surface area contributed by atoms with Crippen LogP contribution >= 0.6 is 0 Å². The summed E-state index contributed by atoms with van der Waals surface area (Å²) in [6, 6.07) is 5.39. The minimum absolute atomic E-state index is 0.147. The number of aromatic nitrogens is 2. The Labute approximate surface area is 171 Å². The van der Waals surface area contributed by atoms with Crippen LogP contribution in [0.5, 0.6) is 0 Å². The van der Waals surface area contributed by atoms with Crippen molar-refractivity contribution >= 4 is 26.9 Å². The van der Waals surface area contributed by atoms with Gasteiger partial charge in [-0.2, -0.15) is 12.7 Å². The SMILES string of the molecule is CCCn1c(C(C)(C)C)nc2cc(N(C)S(=O)(=O)N3CCC(F)(F)CC3)ccc21. The summed E-state index contributed by atoms with van der Waals surface area (Å²) >= 11 is 0. The molecule has 0 radical (unpaired) electrons. The standard InChI is InChI=1S/C20H30F2N4O2S/c1-6-11-26-17-8-7-15(14-16(17)23-18(26)19(2,3)4)24(5)29(27,28)25-12-9-20(21,22)10-13-25/h7-8,14H,6,9-13H2,1-5H3. The molecule has 1 aromatic carbocycles. The molecular formula is C20H30F2N4O2S. The van der Waals surface area contributed by atoms with E-state index < -0.39 is 29.0 Å². The van der Waals surface area contributed by atoms with Crippen LogP contribution in [0.1, 0.15) is 52.8 Å². The Bertz CT molecular complexity index is 986. The number of imidazole rings is 1. The normalized spacial score (nSPS) is 18.3. The number of rotatable bonds is 5. The monoisotopic (exact) mass is 428 g/mol. The van der Waals surface area contributed by atoms with E-state index in [1.165, 1.54) is 7.05 Å². The molecule has 1 saturated heterocycles. The molecule has 1 aliphatic heterocycles. The van der Waals surface area contributed by atoms with E-state index in [4.69, 9.17) is 4.98 Å². The van der Waals surface area contributed by atoms with Crippen LogP contribution in [0, 0.1) is 0 Å². The van der Waals surface area contributed by atoms with E-state index in [1.807, 2.05) is 6.07 Å². The summed E-state index contributed by atoms with van der Waals surface area (Å²) in [7, 11) is -2.42. The fourth-order valence-electron chi connectivity index (χ4n) is 3.69. The topological polar surface area (TPSA) is 58.4 Å². The van der Waals surface area contributed by atoms with Crippen molar-refractivity contribution < 1.29 is 17.2 Å². The van der Waals surface area contributed by atoms with Gasteiger partial charge in [-0.3, -0.25) is 4.31 Å². The lowest BCUT2D eigenvalue weighted by Gasteiger charge is -2.34. The third kappa shape index (κ3) is 4.26. The Morgan fingerprint density at radius 3 is 2.38 bits per heavy atom. The minimum Gasteiger partial charge on any atom is -0.328 e. The maximum atomic E-state index is 13.4. The number of anilines is 1. The molecule has 0 bridgehead atoms. The van der Waals surface area contributed by atoms with Gasteiger partial charge < -0.3 is 4.57 Å². The average molecular weight is 429 g/mol. The Morgan fingerprint density at radius 1 is 1.21 bits per heavy atom. The zero-order chi connectivity index (χ0) is 21.6. The van der Waals surface area contributed by atoms with Crippen molar-refractivity contribution in [1.82, 2.24) is 13.9 Å². The van der Waals surface area contributed by atoms with Gasteiger partial charge in [-0.15, -0.1) is 0 Å². The van der Waals surface area contributed by atoms with Gasteiger partial charge in [0.25, 0.3) is 5.92 Å². The molecule has 3 rings (SSSR count). The number of hydrogen-bond donors (Lipinski definition) is 0. The van der Waals surface area contributed by atoms with Crippen molar-refractivity contribution in [1.29, 1.82) is 0 Å². The Balaban J connectivity index is 1.95. The highest BCUT2D eigenvalue weighted by Gasteiger charge is 2.39. The molecular weight excluding hydrogens is 398 g/mol. The minimum atomic E-state index is -3.88. The molecule has 9 heteroatoms. The molecule has 0 aliphatic carbocycles. The van der Waals surface area contributed by atoms with E-state index in [0.717, 1.165) is 38.4 Å². The van der Waals surface area contributed by atoms with Crippen LogP contribution in [0.3, 0.4) is 0 Å². The Hall–Kier alpha value is -1.74. The smallest absolute Gasteiger partial charge is 0.303 e. The van der Waals surface area contributed by atoms with Crippen LogP contribution in [0.25, 0.3) is 11.0 Å². The summed E-state index contributed by atoms with van der Waals surface area (Å²) in [6.45, 7) is 8.88. The van der Waals surface area contributed by atoms with Crippen LogP contribution < -0.4 is 4.31 Å². The van der Waals surface area contributed by atoms with Crippen LogP contribution in [-0.4, -0.2) is 48.3 Å². The second kappa shape index (κ2) is 7.50. The van der Waals surface area contributed by atoms with Crippen LogP contribution in [0.2, 0.25) is 0 Å². The first-order valence-electron chi connectivity index (χ1n) is 9.99. The van der Waals surface area contributed by atoms with Crippen molar-refractivity contribution in [3.8, 4) is 0 Å². The second-order valence-corrected chi connectivity index (χ2v) is 10.7. The molecule has 0 amide bonds. The summed E-state index contributed by atoms with van der Waals surface area (Å²) in [4.78, 5) is 4.79. The van der Waals surface area contributed by atoms with Gasteiger partial charge in [0.15, 0.2) is 0 Å². The van der Waals surface area contributed by atoms with E-state index in [0.29, 0.717) is 5.69 Å². The fraction of sp³-hybridized carbons (Fsp3) is 0.650. The number of nitrogens with zero attached hydrogens (tertiary/aromatic N) is 4. The molecule has 29 heavy (non-hydrogen) atoms. The third-order valence-corrected chi connectivity index (χ3v) is 7.26. The van der Waals surface area contributed by atoms with Crippen molar-refractivity contribution in [3.05, 3.63) is 24.0 Å². The van der Waals surface area contributed by atoms with Crippen molar-refractivity contribution in [2.24, 2.45) is 0 Å². The Kier molecular flexibility index (Phi) is 5.68. The molecule has 0 spiro atoms. The number of benzene rings is 1. The number of piperidine rings is 1. The molecule has 2 aromatic rings.